The molecule has 0 heterocycles. The summed E-state index contributed by atoms with van der Waals surface area (Å²) in [4.78, 5) is 21.5. The van der Waals surface area contributed by atoms with Gasteiger partial charge in [0.05, 0.1) is 7.11 Å². The number of esters is 1. The molecule has 0 unspecified atom stereocenters. The summed E-state index contributed by atoms with van der Waals surface area (Å²) >= 11 is 0. The lowest BCUT2D eigenvalue weighted by Crippen LogP contribution is -2.10. The summed E-state index contributed by atoms with van der Waals surface area (Å²) in [6.07, 6.45) is 17.4. The maximum absolute atomic E-state index is 10.9. The molecule has 21 heavy (non-hydrogen) atoms. The van der Waals surface area contributed by atoms with E-state index in [1.54, 1.807) is 6.20 Å². The van der Waals surface area contributed by atoms with Crippen LogP contribution < -0.4 is 5.32 Å². The Morgan fingerprint density at radius 1 is 0.952 bits per heavy atom. The molecule has 0 saturated heterocycles. The van der Waals surface area contributed by atoms with Gasteiger partial charge in [0, 0.05) is 19.5 Å². The molecule has 1 amide bonds. The number of nitrogens with one attached hydrogen (secondary N) is 1. The van der Waals surface area contributed by atoms with E-state index in [-0.39, 0.29) is 11.9 Å². The van der Waals surface area contributed by atoms with Gasteiger partial charge >= 0.3 is 5.97 Å². The van der Waals surface area contributed by atoms with E-state index in [1.807, 2.05) is 6.08 Å². The molecule has 0 aliphatic heterocycles. The van der Waals surface area contributed by atoms with Crippen molar-refractivity contribution in [1.29, 1.82) is 0 Å². The third-order valence-electron chi connectivity index (χ3n) is 3.07. The fourth-order valence-electron chi connectivity index (χ4n) is 1.88. The number of hydrogen-bond acceptors (Lipinski definition) is 3. The highest BCUT2D eigenvalue weighted by molar-refractivity contribution is 5.73. The van der Waals surface area contributed by atoms with E-state index in [1.165, 1.54) is 39.7 Å². The quantitative estimate of drug-likeness (QED) is 0.338. The van der Waals surface area contributed by atoms with Crippen LogP contribution in [0.5, 0.6) is 0 Å². The Kier molecular flexibility index (Phi) is 13.7. The van der Waals surface area contributed by atoms with Crippen molar-refractivity contribution >= 4 is 11.9 Å². The number of amides is 1. The molecule has 0 aromatic heterocycles. The first kappa shape index (κ1) is 19.4. The van der Waals surface area contributed by atoms with Crippen molar-refractivity contribution in [3.05, 3.63) is 24.4 Å². The molecule has 4 nitrogen and oxygen atoms in total. The molecule has 0 aromatic rings. The maximum Gasteiger partial charge on any atom is 0.305 e. The van der Waals surface area contributed by atoms with Crippen molar-refractivity contribution in [2.45, 2.75) is 64.7 Å². The summed E-state index contributed by atoms with van der Waals surface area (Å²) in [5.74, 6) is -0.144. The summed E-state index contributed by atoms with van der Waals surface area (Å²) in [6.45, 7) is 1.50. The Morgan fingerprint density at radius 2 is 1.62 bits per heavy atom. The molecule has 0 atom stereocenters. The van der Waals surface area contributed by atoms with Gasteiger partial charge < -0.3 is 10.1 Å². The zero-order valence-corrected chi connectivity index (χ0v) is 13.4. The molecule has 0 bridgehead atoms. The van der Waals surface area contributed by atoms with Gasteiger partial charge in [-0.25, -0.2) is 0 Å². The SMILES string of the molecule is COC(=O)CCCCCCCC/C=C/C/C=C/NC(C)=O. The predicted molar refractivity (Wildman–Crippen MR) is 85.7 cm³/mol. The van der Waals surface area contributed by atoms with Gasteiger partial charge in [-0.15, -0.1) is 0 Å². The second-order valence-corrected chi connectivity index (χ2v) is 5.05. The number of rotatable bonds is 12. The second kappa shape index (κ2) is 14.8. The number of methoxy groups -OCH3 is 1. The maximum atomic E-state index is 10.9. The molecule has 0 rings (SSSR count). The van der Waals surface area contributed by atoms with Gasteiger partial charge in [0.2, 0.25) is 5.91 Å². The molecule has 4 heteroatoms. The van der Waals surface area contributed by atoms with E-state index in [0.29, 0.717) is 6.42 Å². The summed E-state index contributed by atoms with van der Waals surface area (Å²) in [5.41, 5.74) is 0. The Labute approximate surface area is 128 Å². The van der Waals surface area contributed by atoms with Crippen LogP contribution in [0.25, 0.3) is 0 Å². The first-order chi connectivity index (χ1) is 10.2. The van der Waals surface area contributed by atoms with Crippen molar-refractivity contribution in [2.24, 2.45) is 0 Å². The van der Waals surface area contributed by atoms with E-state index in [2.05, 4.69) is 22.2 Å². The summed E-state index contributed by atoms with van der Waals surface area (Å²) < 4.78 is 4.60. The van der Waals surface area contributed by atoms with Crippen LogP contribution in [0.4, 0.5) is 0 Å². The average molecular weight is 295 g/mol. The lowest BCUT2D eigenvalue weighted by Gasteiger charge is -2.00. The van der Waals surface area contributed by atoms with E-state index >= 15 is 0 Å². The number of allylic oxidation sites excluding steroid dienone is 3. The molecular formula is C17H29NO3. The van der Waals surface area contributed by atoms with Crippen molar-refractivity contribution in [2.75, 3.05) is 7.11 Å². The van der Waals surface area contributed by atoms with Crippen LogP contribution in [0.3, 0.4) is 0 Å². The highest BCUT2D eigenvalue weighted by atomic mass is 16.5. The molecule has 0 aliphatic carbocycles. The second-order valence-electron chi connectivity index (χ2n) is 5.05. The molecule has 0 saturated carbocycles. The Bertz CT molecular complexity index is 335. The zero-order chi connectivity index (χ0) is 15.8. The van der Waals surface area contributed by atoms with Crippen LogP contribution in [0, 0.1) is 0 Å². The third kappa shape index (κ3) is 16.4. The molecule has 0 aliphatic rings. The highest BCUT2D eigenvalue weighted by Gasteiger charge is 1.98. The van der Waals surface area contributed by atoms with E-state index in [4.69, 9.17) is 0 Å². The van der Waals surface area contributed by atoms with Gasteiger partial charge in [0.15, 0.2) is 0 Å². The molecule has 1 N–H and O–H groups in total. The van der Waals surface area contributed by atoms with Crippen molar-refractivity contribution in [3.8, 4) is 0 Å². The van der Waals surface area contributed by atoms with Crippen molar-refractivity contribution < 1.29 is 14.3 Å². The first-order valence-corrected chi connectivity index (χ1v) is 7.80. The summed E-state index contributed by atoms with van der Waals surface area (Å²) in [5, 5.41) is 2.61. The third-order valence-corrected chi connectivity index (χ3v) is 3.07. The highest BCUT2D eigenvalue weighted by Crippen LogP contribution is 2.09. The lowest BCUT2D eigenvalue weighted by molar-refractivity contribution is -0.140. The Balaban J connectivity index is 3.23. The Morgan fingerprint density at radius 3 is 2.29 bits per heavy atom. The van der Waals surface area contributed by atoms with Gasteiger partial charge in [0.25, 0.3) is 0 Å². The van der Waals surface area contributed by atoms with Crippen molar-refractivity contribution in [1.82, 2.24) is 5.32 Å². The van der Waals surface area contributed by atoms with E-state index in [0.717, 1.165) is 25.7 Å². The van der Waals surface area contributed by atoms with Gasteiger partial charge in [-0.2, -0.15) is 0 Å². The predicted octanol–water partition coefficient (Wildman–Crippen LogP) is 3.88. The molecule has 0 radical (unpaired) electrons. The van der Waals surface area contributed by atoms with Gasteiger partial charge in [-0.05, 0) is 25.7 Å². The van der Waals surface area contributed by atoms with Crippen LogP contribution in [-0.4, -0.2) is 19.0 Å². The van der Waals surface area contributed by atoms with Crippen LogP contribution in [0.2, 0.25) is 0 Å². The number of unbranched alkanes of at least 4 members (excludes halogenated alkanes) is 6. The number of hydrogen-bond donors (Lipinski definition) is 1. The summed E-state index contributed by atoms with van der Waals surface area (Å²) in [7, 11) is 1.44. The minimum atomic E-state index is -0.104. The Hall–Kier alpha value is -1.58. The number of ether oxygens (including phenoxy) is 1. The van der Waals surface area contributed by atoms with Crippen LogP contribution in [0.1, 0.15) is 64.7 Å². The molecule has 0 fully saturated rings. The molecule has 0 aromatic carbocycles. The minimum Gasteiger partial charge on any atom is -0.469 e. The van der Waals surface area contributed by atoms with Crippen molar-refractivity contribution in [3.63, 3.8) is 0 Å². The number of carbonyl (C=O) groups is 2. The largest absolute Gasteiger partial charge is 0.469 e. The van der Waals surface area contributed by atoms with Crippen LogP contribution >= 0.6 is 0 Å². The first-order valence-electron chi connectivity index (χ1n) is 7.80. The lowest BCUT2D eigenvalue weighted by atomic mass is 10.1. The summed E-state index contributed by atoms with van der Waals surface area (Å²) in [6, 6.07) is 0. The fourth-order valence-corrected chi connectivity index (χ4v) is 1.88. The van der Waals surface area contributed by atoms with Gasteiger partial charge in [-0.1, -0.05) is 43.9 Å². The topological polar surface area (TPSA) is 55.4 Å². The fraction of sp³-hybridized carbons (Fsp3) is 0.647. The normalized spacial score (nSPS) is 11.1. The average Bonchev–Trinajstić information content (AvgIpc) is 2.46. The van der Waals surface area contributed by atoms with Crippen LogP contribution in [0.15, 0.2) is 24.4 Å². The monoisotopic (exact) mass is 295 g/mol. The van der Waals surface area contributed by atoms with E-state index in [9.17, 15) is 9.59 Å². The van der Waals surface area contributed by atoms with Gasteiger partial charge in [0.1, 0.15) is 0 Å². The minimum absolute atomic E-state index is 0.0400. The smallest absolute Gasteiger partial charge is 0.305 e. The molecule has 120 valence electrons. The molecular weight excluding hydrogens is 266 g/mol. The zero-order valence-electron chi connectivity index (χ0n) is 13.4. The number of carbonyl (C=O) groups excluding carboxylic acids is 2. The molecule has 0 spiro atoms. The van der Waals surface area contributed by atoms with Gasteiger partial charge in [-0.3, -0.25) is 9.59 Å². The van der Waals surface area contributed by atoms with E-state index < -0.39 is 0 Å². The van der Waals surface area contributed by atoms with Crippen LogP contribution in [-0.2, 0) is 14.3 Å². The standard InChI is InChI=1S/C17H29NO3/c1-16(19)18-15-13-11-9-7-5-3-4-6-8-10-12-14-17(20)21-2/h7,9,13,15H,3-6,8,10-12,14H2,1-2H3,(H,18,19)/b9-7+,15-13+.